The van der Waals surface area contributed by atoms with Crippen molar-refractivity contribution in [3.63, 3.8) is 0 Å². The second-order valence-electron chi connectivity index (χ2n) is 11.8. The Balaban J connectivity index is 1.13. The average molecular weight is 517 g/mol. The zero-order valence-corrected chi connectivity index (χ0v) is 21.7. The van der Waals surface area contributed by atoms with E-state index in [1.807, 2.05) is 24.3 Å². The van der Waals surface area contributed by atoms with Gasteiger partial charge < -0.3 is 14.8 Å². The van der Waals surface area contributed by atoms with Crippen molar-refractivity contribution >= 4 is 23.5 Å². The predicted molar refractivity (Wildman–Crippen MR) is 138 cm³/mol. The zero-order chi connectivity index (χ0) is 25.3. The number of ketones is 1. The molecule has 0 radical (unpaired) electrons. The molecule has 7 heteroatoms. The third-order valence-corrected chi connectivity index (χ3v) is 10.7. The van der Waals surface area contributed by atoms with Gasteiger partial charge in [0.05, 0.1) is 11.0 Å². The van der Waals surface area contributed by atoms with E-state index in [9.17, 15) is 9.59 Å². The number of aryl methyl sites for hydroxylation is 1. The van der Waals surface area contributed by atoms with Gasteiger partial charge in [-0.25, -0.2) is 4.79 Å². The number of ether oxygens (including phenoxy) is 2. The number of amides is 1. The Morgan fingerprint density at radius 1 is 1.16 bits per heavy atom. The van der Waals surface area contributed by atoms with E-state index in [4.69, 9.17) is 21.1 Å². The Morgan fingerprint density at radius 2 is 2.00 bits per heavy atom. The lowest BCUT2D eigenvalue weighted by Gasteiger charge is -2.42. The van der Waals surface area contributed by atoms with Crippen LogP contribution in [0.25, 0.3) is 0 Å². The van der Waals surface area contributed by atoms with Gasteiger partial charge in [-0.05, 0) is 62.9 Å². The lowest BCUT2D eigenvalue weighted by atomic mass is 9.64. The molecule has 2 bridgehead atoms. The molecule has 2 spiro atoms. The van der Waals surface area contributed by atoms with Crippen molar-refractivity contribution in [2.45, 2.75) is 73.8 Å². The molecule has 2 unspecified atom stereocenters. The third kappa shape index (κ3) is 2.43. The number of likely N-dealkylation sites (tertiary alicyclic amines) is 1. The minimum atomic E-state index is -1.18. The van der Waals surface area contributed by atoms with Crippen LogP contribution in [0.1, 0.15) is 54.4 Å². The van der Waals surface area contributed by atoms with Crippen LogP contribution in [0.4, 0.5) is 4.79 Å². The molecule has 2 aromatic rings. The zero-order valence-electron chi connectivity index (χ0n) is 20.9. The largest absolute Gasteiger partial charge is 0.485 e. The van der Waals surface area contributed by atoms with Crippen LogP contribution in [0.2, 0.25) is 5.02 Å². The van der Waals surface area contributed by atoms with Crippen LogP contribution in [-0.4, -0.2) is 42.1 Å². The molecule has 6 aliphatic rings. The van der Waals surface area contributed by atoms with Crippen molar-refractivity contribution < 1.29 is 19.1 Å². The number of hydrogen-bond donors (Lipinski definition) is 1. The maximum absolute atomic E-state index is 13.5. The summed E-state index contributed by atoms with van der Waals surface area (Å²) in [4.78, 5) is 29.4. The summed E-state index contributed by atoms with van der Waals surface area (Å²) in [6, 6.07) is 12.2. The minimum absolute atomic E-state index is 0.0249. The van der Waals surface area contributed by atoms with Crippen molar-refractivity contribution in [2.75, 3.05) is 7.05 Å². The molecular formula is C30H29ClN2O4. The smallest absolute Gasteiger partial charge is 0.408 e. The first-order chi connectivity index (χ1) is 17.8. The van der Waals surface area contributed by atoms with Gasteiger partial charge in [-0.2, -0.15) is 0 Å². The van der Waals surface area contributed by atoms with Crippen molar-refractivity contribution in [2.24, 2.45) is 5.92 Å². The summed E-state index contributed by atoms with van der Waals surface area (Å²) in [6.45, 7) is 2.09. The molecule has 3 fully saturated rings. The molecule has 2 saturated carbocycles. The summed E-state index contributed by atoms with van der Waals surface area (Å²) >= 11 is 6.54. The number of likely N-dealkylation sites (N-methyl/N-ethyl adjacent to an activating group) is 1. The molecule has 1 saturated heterocycles. The molecule has 1 amide bonds. The topological polar surface area (TPSA) is 67.6 Å². The number of carbonyl (C=O) groups excluding carboxylic acids is 2. The van der Waals surface area contributed by atoms with Crippen LogP contribution < -0.4 is 10.1 Å². The molecule has 8 atom stereocenters. The Morgan fingerprint density at radius 3 is 2.81 bits per heavy atom. The first-order valence-corrected chi connectivity index (χ1v) is 13.7. The van der Waals surface area contributed by atoms with Gasteiger partial charge >= 0.3 is 6.09 Å². The number of nitrogens with one attached hydrogen (secondary N) is 1. The number of piperidine rings is 1. The number of benzene rings is 2. The number of rotatable bonds is 3. The maximum atomic E-state index is 13.5. The van der Waals surface area contributed by atoms with E-state index in [1.165, 1.54) is 11.1 Å². The van der Waals surface area contributed by atoms with Crippen LogP contribution >= 0.6 is 11.6 Å². The number of hydrogen-bond acceptors (Lipinski definition) is 5. The van der Waals surface area contributed by atoms with E-state index in [2.05, 4.69) is 42.4 Å². The highest BCUT2D eigenvalue weighted by Crippen LogP contribution is 2.79. The van der Waals surface area contributed by atoms with Crippen molar-refractivity contribution in [1.29, 1.82) is 0 Å². The van der Waals surface area contributed by atoms with Gasteiger partial charge in [0.25, 0.3) is 0 Å². The van der Waals surface area contributed by atoms with Crippen LogP contribution in [0.3, 0.4) is 0 Å². The fourth-order valence-corrected chi connectivity index (χ4v) is 9.15. The molecule has 8 rings (SSSR count). The highest BCUT2D eigenvalue weighted by atomic mass is 35.5. The number of nitrogens with zero attached hydrogens (tertiary/aromatic N) is 1. The normalized spacial score (nSPS) is 41.2. The molecule has 2 heterocycles. The summed E-state index contributed by atoms with van der Waals surface area (Å²) in [5, 5.41) is 3.47. The van der Waals surface area contributed by atoms with Crippen molar-refractivity contribution in [3.05, 3.63) is 75.8 Å². The third-order valence-electron chi connectivity index (χ3n) is 10.4. The SMILES string of the molecule is Cc1ccc2c3c1O[C@H]1[C@@H](OC(=O)NC4(c5ccccc5Cl)CCCCC4=O)C=C[C@H]4[C@@H]5N(C)[C@@]25C[C@@]341. The molecule has 4 aliphatic carbocycles. The second kappa shape index (κ2) is 6.97. The van der Waals surface area contributed by atoms with Crippen LogP contribution in [0.5, 0.6) is 5.75 Å². The van der Waals surface area contributed by atoms with Gasteiger partial charge in [0.15, 0.2) is 11.9 Å². The van der Waals surface area contributed by atoms with Gasteiger partial charge in [-0.15, -0.1) is 0 Å². The monoisotopic (exact) mass is 516 g/mol. The Bertz CT molecular complexity index is 1440. The first-order valence-electron chi connectivity index (χ1n) is 13.3. The summed E-state index contributed by atoms with van der Waals surface area (Å²) in [5.74, 6) is 1.29. The predicted octanol–water partition coefficient (Wildman–Crippen LogP) is 4.89. The van der Waals surface area contributed by atoms with E-state index in [0.717, 1.165) is 30.6 Å². The summed E-state index contributed by atoms with van der Waals surface area (Å²) in [7, 11) is 2.22. The van der Waals surface area contributed by atoms with E-state index in [0.29, 0.717) is 35.4 Å². The van der Waals surface area contributed by atoms with E-state index in [-0.39, 0.29) is 22.8 Å². The number of halogens is 1. The highest BCUT2D eigenvalue weighted by molar-refractivity contribution is 6.31. The number of Topliss-reactive ketones (excluding diaryl/α,β-unsaturated/α-hetero) is 1. The number of alkyl carbamates (subject to hydrolysis) is 1. The number of carbonyl (C=O) groups is 2. The Hall–Kier alpha value is -2.83. The van der Waals surface area contributed by atoms with Gasteiger partial charge in [0.2, 0.25) is 0 Å². The number of fused-ring (bicyclic) bond motifs is 1. The molecule has 190 valence electrons. The van der Waals surface area contributed by atoms with Crippen molar-refractivity contribution in [1.82, 2.24) is 10.2 Å². The van der Waals surface area contributed by atoms with Crippen molar-refractivity contribution in [3.8, 4) is 5.75 Å². The van der Waals surface area contributed by atoms with Gasteiger partial charge in [-0.3, -0.25) is 9.69 Å². The molecule has 37 heavy (non-hydrogen) atoms. The molecule has 1 N–H and O–H groups in total. The van der Waals surface area contributed by atoms with E-state index in [1.54, 1.807) is 6.07 Å². The lowest BCUT2D eigenvalue weighted by molar-refractivity contribution is -0.128. The van der Waals surface area contributed by atoms with E-state index < -0.39 is 17.7 Å². The van der Waals surface area contributed by atoms with Crippen LogP contribution in [0.15, 0.2) is 48.6 Å². The second-order valence-corrected chi connectivity index (χ2v) is 12.2. The van der Waals surface area contributed by atoms with Crippen LogP contribution in [0, 0.1) is 12.8 Å². The lowest BCUT2D eigenvalue weighted by Crippen LogP contribution is -2.57. The fraction of sp³-hybridized carbons (Fsp3) is 0.467. The summed E-state index contributed by atoms with van der Waals surface area (Å²) in [6.07, 6.45) is 6.37. The van der Waals surface area contributed by atoms with E-state index >= 15 is 0 Å². The average Bonchev–Trinajstić information content (AvgIpc) is 3.17. The minimum Gasteiger partial charge on any atom is -0.485 e. The summed E-state index contributed by atoms with van der Waals surface area (Å²) in [5.41, 5.74) is 3.21. The molecule has 6 nitrogen and oxygen atoms in total. The van der Waals surface area contributed by atoms with Gasteiger partial charge in [0, 0.05) is 34.5 Å². The standard InChI is InChI=1S/C30H29ClN2O4/c1-16-10-11-18-23-24(16)37-26-21(13-12-19-25-30(18,33(25)2)15-28(19,23)26)36-27(35)32-29(14-6-5-9-22(29)34)17-7-3-4-8-20(17)31/h3-4,7-8,10-13,19,21,25-26H,5-6,9,14-15H2,1-2H3,(H,32,35)/t19-,21-,25-,26-,28-,29?,30-,33?/m0/s1. The van der Waals surface area contributed by atoms with Crippen LogP contribution in [-0.2, 0) is 26.0 Å². The Kier molecular flexibility index (Phi) is 4.18. The Labute approximate surface area is 220 Å². The quantitative estimate of drug-likeness (QED) is 0.464. The molecule has 2 aliphatic heterocycles. The summed E-state index contributed by atoms with van der Waals surface area (Å²) < 4.78 is 12.8. The fourth-order valence-electron chi connectivity index (χ4n) is 8.85. The molecular weight excluding hydrogens is 488 g/mol. The van der Waals surface area contributed by atoms with Gasteiger partial charge in [0.1, 0.15) is 17.4 Å². The molecule has 0 aromatic heterocycles. The highest BCUT2D eigenvalue weighted by Gasteiger charge is 2.84. The molecule has 2 aromatic carbocycles. The first kappa shape index (κ1) is 22.2. The maximum Gasteiger partial charge on any atom is 0.408 e. The van der Waals surface area contributed by atoms with Gasteiger partial charge in [-0.1, -0.05) is 48.0 Å².